The molecule has 4 aromatic rings. The molecule has 1 atom stereocenters. The molecule has 4 rings (SSSR count). The third kappa shape index (κ3) is 2.43. The summed E-state index contributed by atoms with van der Waals surface area (Å²) in [5.41, 5.74) is 6.78. The summed E-state index contributed by atoms with van der Waals surface area (Å²) in [5, 5.41) is 7.39. The number of aromatic nitrogens is 5. The number of thiazole rings is 1. The van der Waals surface area contributed by atoms with Gasteiger partial charge < -0.3 is 4.57 Å². The third-order valence-electron chi connectivity index (χ3n) is 4.49. The molecule has 0 N–H and O–H groups in total. The number of benzene rings is 1. The van der Waals surface area contributed by atoms with Crippen molar-refractivity contribution in [3.05, 3.63) is 52.4 Å². The fraction of sp³-hybridized carbons (Fsp3) is 0.278. The molecule has 0 amide bonds. The van der Waals surface area contributed by atoms with Crippen molar-refractivity contribution < 1.29 is 0 Å². The van der Waals surface area contributed by atoms with Gasteiger partial charge in [0.2, 0.25) is 0 Å². The lowest BCUT2D eigenvalue weighted by atomic mass is 10.1. The quantitative estimate of drug-likeness (QED) is 0.565. The first-order valence-electron chi connectivity index (χ1n) is 7.91. The zero-order valence-electron chi connectivity index (χ0n) is 14.2. The van der Waals surface area contributed by atoms with E-state index in [1.165, 1.54) is 11.1 Å². The largest absolute Gasteiger partial charge is 0.321 e. The molecular weight excluding hydrogens is 318 g/mol. The first-order chi connectivity index (χ1) is 11.5. The van der Waals surface area contributed by atoms with Crippen molar-refractivity contribution in [2.75, 3.05) is 0 Å². The van der Waals surface area contributed by atoms with Crippen LogP contribution in [0.5, 0.6) is 0 Å². The number of fused-ring (bicyclic) bond motifs is 1. The Morgan fingerprint density at radius 1 is 1.17 bits per heavy atom. The first kappa shape index (κ1) is 15.1. The van der Waals surface area contributed by atoms with Crippen LogP contribution >= 0.6 is 11.3 Å². The molecular formula is C18H19N5S. The van der Waals surface area contributed by atoms with E-state index < -0.39 is 0 Å². The topological polar surface area (TPSA) is 48.5 Å². The van der Waals surface area contributed by atoms with E-state index in [9.17, 15) is 0 Å². The molecule has 0 fully saturated rings. The number of imidazole rings is 1. The maximum Gasteiger partial charge on any atom is 0.116 e. The van der Waals surface area contributed by atoms with Gasteiger partial charge in [0.1, 0.15) is 5.01 Å². The maximum atomic E-state index is 4.81. The molecule has 0 aliphatic rings. The third-order valence-corrected chi connectivity index (χ3v) is 5.50. The Hall–Kier alpha value is -2.47. The van der Waals surface area contributed by atoms with Gasteiger partial charge in [0.05, 0.1) is 35.3 Å². The van der Waals surface area contributed by atoms with Crippen LogP contribution in [-0.4, -0.2) is 24.3 Å². The lowest BCUT2D eigenvalue weighted by Gasteiger charge is -2.12. The van der Waals surface area contributed by atoms with Gasteiger partial charge in [-0.25, -0.2) is 9.97 Å². The summed E-state index contributed by atoms with van der Waals surface area (Å²) >= 11 is 1.68. The molecule has 0 unspecified atom stereocenters. The molecule has 6 heteroatoms. The maximum absolute atomic E-state index is 4.81. The van der Waals surface area contributed by atoms with E-state index in [2.05, 4.69) is 52.9 Å². The molecule has 1 aromatic carbocycles. The predicted octanol–water partition coefficient (Wildman–Crippen LogP) is 4.12. The molecule has 5 nitrogen and oxygen atoms in total. The Kier molecular flexibility index (Phi) is 3.49. The highest BCUT2D eigenvalue weighted by Crippen LogP contribution is 2.30. The number of nitrogens with zero attached hydrogens (tertiary/aromatic N) is 5. The molecule has 24 heavy (non-hydrogen) atoms. The first-order valence-corrected chi connectivity index (χ1v) is 8.79. The van der Waals surface area contributed by atoms with Crippen molar-refractivity contribution in [2.45, 2.75) is 26.8 Å². The van der Waals surface area contributed by atoms with Crippen LogP contribution in [-0.2, 0) is 7.05 Å². The minimum atomic E-state index is 0.146. The number of rotatable bonds is 3. The summed E-state index contributed by atoms with van der Waals surface area (Å²) in [4.78, 5) is 9.38. The Bertz CT molecular complexity index is 1020. The molecule has 0 spiro atoms. The summed E-state index contributed by atoms with van der Waals surface area (Å²) in [6.45, 7) is 6.43. The predicted molar refractivity (Wildman–Crippen MR) is 97.3 cm³/mol. The van der Waals surface area contributed by atoms with Crippen LogP contribution in [0.15, 0.2) is 36.2 Å². The van der Waals surface area contributed by atoms with Gasteiger partial charge in [0.25, 0.3) is 0 Å². The number of hydrogen-bond acceptors (Lipinski definition) is 4. The van der Waals surface area contributed by atoms with Crippen molar-refractivity contribution in [3.8, 4) is 11.3 Å². The van der Waals surface area contributed by atoms with Gasteiger partial charge in [-0.3, -0.25) is 4.68 Å². The van der Waals surface area contributed by atoms with Crippen LogP contribution in [0.25, 0.3) is 22.3 Å². The fourth-order valence-corrected chi connectivity index (χ4v) is 3.76. The second-order valence-electron chi connectivity index (χ2n) is 6.23. The molecule has 0 bridgehead atoms. The van der Waals surface area contributed by atoms with Crippen LogP contribution in [0, 0.1) is 13.8 Å². The van der Waals surface area contributed by atoms with E-state index in [1.54, 1.807) is 16.0 Å². The second kappa shape index (κ2) is 5.56. The lowest BCUT2D eigenvalue weighted by Crippen LogP contribution is -2.05. The molecule has 122 valence electrons. The van der Waals surface area contributed by atoms with Crippen molar-refractivity contribution in [2.24, 2.45) is 7.05 Å². The highest BCUT2D eigenvalue weighted by Gasteiger charge is 2.16. The Balaban J connectivity index is 1.73. The normalized spacial score (nSPS) is 12.8. The van der Waals surface area contributed by atoms with E-state index in [4.69, 9.17) is 4.98 Å². The second-order valence-corrected chi connectivity index (χ2v) is 7.12. The molecule has 0 saturated heterocycles. The highest BCUT2D eigenvalue weighted by atomic mass is 32.1. The number of hydrogen-bond donors (Lipinski definition) is 0. The summed E-state index contributed by atoms with van der Waals surface area (Å²) in [6, 6.07) is 4.51. The van der Waals surface area contributed by atoms with E-state index in [0.29, 0.717) is 0 Å². The van der Waals surface area contributed by atoms with Crippen molar-refractivity contribution in [3.63, 3.8) is 0 Å². The summed E-state index contributed by atoms with van der Waals surface area (Å²) in [6.07, 6.45) is 5.75. The average molecular weight is 337 g/mol. The fourth-order valence-electron chi connectivity index (χ4n) is 2.88. The van der Waals surface area contributed by atoms with Crippen molar-refractivity contribution in [1.29, 1.82) is 0 Å². The molecule has 0 aliphatic heterocycles. The summed E-state index contributed by atoms with van der Waals surface area (Å²) in [5.74, 6) is 0. The molecule has 0 aliphatic carbocycles. The molecule has 3 aromatic heterocycles. The van der Waals surface area contributed by atoms with Gasteiger partial charge in [0.15, 0.2) is 0 Å². The van der Waals surface area contributed by atoms with Crippen LogP contribution in [0.1, 0.15) is 29.1 Å². The average Bonchev–Trinajstić information content (AvgIpc) is 3.26. The van der Waals surface area contributed by atoms with Gasteiger partial charge >= 0.3 is 0 Å². The van der Waals surface area contributed by atoms with Gasteiger partial charge in [-0.2, -0.15) is 5.10 Å². The van der Waals surface area contributed by atoms with Crippen LogP contribution in [0.3, 0.4) is 0 Å². The Labute approximate surface area is 144 Å². The van der Waals surface area contributed by atoms with E-state index >= 15 is 0 Å². The van der Waals surface area contributed by atoms with Crippen molar-refractivity contribution in [1.82, 2.24) is 24.3 Å². The van der Waals surface area contributed by atoms with Gasteiger partial charge in [-0.15, -0.1) is 11.3 Å². The monoisotopic (exact) mass is 337 g/mol. The van der Waals surface area contributed by atoms with Gasteiger partial charge in [-0.05, 0) is 44.0 Å². The van der Waals surface area contributed by atoms with E-state index in [1.807, 2.05) is 25.8 Å². The van der Waals surface area contributed by atoms with Gasteiger partial charge in [0, 0.05) is 24.2 Å². The standard InChI is InChI=1S/C18H19N5S/c1-11-5-15-17(6-12(11)2)23(10-19-15)13(3)18-21-16(9-24-18)14-7-20-22(4)8-14/h5-10,13H,1-4H3/t13-/m1/s1. The molecule has 0 saturated carbocycles. The SMILES string of the molecule is Cc1cc2ncn([C@H](C)c3nc(-c4cnn(C)c4)cs3)c2cc1C. The number of aryl methyl sites for hydroxylation is 3. The minimum absolute atomic E-state index is 0.146. The molecule has 0 radical (unpaired) electrons. The minimum Gasteiger partial charge on any atom is -0.321 e. The molecule has 3 heterocycles. The van der Waals surface area contributed by atoms with E-state index in [-0.39, 0.29) is 6.04 Å². The zero-order valence-corrected chi connectivity index (χ0v) is 15.0. The highest BCUT2D eigenvalue weighted by molar-refractivity contribution is 7.10. The summed E-state index contributed by atoms with van der Waals surface area (Å²) < 4.78 is 4.00. The summed E-state index contributed by atoms with van der Waals surface area (Å²) in [7, 11) is 1.92. The zero-order chi connectivity index (χ0) is 16.8. The van der Waals surface area contributed by atoms with Crippen molar-refractivity contribution >= 4 is 22.4 Å². The van der Waals surface area contributed by atoms with Gasteiger partial charge in [-0.1, -0.05) is 0 Å². The lowest BCUT2D eigenvalue weighted by molar-refractivity contribution is 0.653. The Morgan fingerprint density at radius 2 is 1.96 bits per heavy atom. The van der Waals surface area contributed by atoms with Crippen LogP contribution in [0.2, 0.25) is 0 Å². The smallest absolute Gasteiger partial charge is 0.116 e. The van der Waals surface area contributed by atoms with E-state index in [0.717, 1.165) is 27.3 Å². The van der Waals surface area contributed by atoms with Crippen LogP contribution in [0.4, 0.5) is 0 Å². The van der Waals surface area contributed by atoms with Crippen LogP contribution < -0.4 is 0 Å². The Morgan fingerprint density at radius 3 is 2.71 bits per heavy atom.